The molecule has 17 heavy (non-hydrogen) atoms. The lowest BCUT2D eigenvalue weighted by Gasteiger charge is -2.12. The van der Waals surface area contributed by atoms with Crippen molar-refractivity contribution in [2.45, 2.75) is 6.92 Å². The van der Waals surface area contributed by atoms with Crippen LogP contribution in [0.5, 0.6) is 11.5 Å². The second-order valence-electron chi connectivity index (χ2n) is 4.07. The molecule has 4 N–H and O–H groups in total. The molecule has 1 aromatic rings. The number of carbonyl (C=O) groups excluding carboxylic acids is 1. The van der Waals surface area contributed by atoms with Crippen molar-refractivity contribution < 1.29 is 15.0 Å². The van der Waals surface area contributed by atoms with E-state index in [1.165, 1.54) is 12.1 Å². The van der Waals surface area contributed by atoms with Gasteiger partial charge in [-0.2, -0.15) is 0 Å². The van der Waals surface area contributed by atoms with E-state index >= 15 is 0 Å². The van der Waals surface area contributed by atoms with Gasteiger partial charge in [0.05, 0.1) is 5.56 Å². The number of hydrogen-bond donors (Lipinski definition) is 4. The van der Waals surface area contributed by atoms with Crippen molar-refractivity contribution in [2.24, 2.45) is 5.92 Å². The predicted molar refractivity (Wildman–Crippen MR) is 65.2 cm³/mol. The highest BCUT2D eigenvalue weighted by Crippen LogP contribution is 2.22. The van der Waals surface area contributed by atoms with Crippen molar-refractivity contribution in [1.82, 2.24) is 10.6 Å². The van der Waals surface area contributed by atoms with Gasteiger partial charge in [0, 0.05) is 12.6 Å². The Kier molecular flexibility index (Phi) is 4.78. The van der Waals surface area contributed by atoms with Crippen LogP contribution in [-0.4, -0.2) is 36.3 Å². The first kappa shape index (κ1) is 13.3. The molecule has 0 spiro atoms. The van der Waals surface area contributed by atoms with Crippen LogP contribution in [0.4, 0.5) is 0 Å². The van der Waals surface area contributed by atoms with E-state index in [4.69, 9.17) is 5.11 Å². The third-order valence-electron chi connectivity index (χ3n) is 2.39. The van der Waals surface area contributed by atoms with Crippen molar-refractivity contribution >= 4 is 5.91 Å². The summed E-state index contributed by atoms with van der Waals surface area (Å²) in [7, 11) is 1.85. The lowest BCUT2D eigenvalue weighted by Crippen LogP contribution is -2.32. The van der Waals surface area contributed by atoms with Crippen LogP contribution in [0.1, 0.15) is 17.3 Å². The highest BCUT2D eigenvalue weighted by Gasteiger charge is 2.12. The van der Waals surface area contributed by atoms with Gasteiger partial charge >= 0.3 is 0 Å². The third kappa shape index (κ3) is 3.96. The van der Waals surface area contributed by atoms with Gasteiger partial charge in [-0.1, -0.05) is 6.92 Å². The molecule has 1 amide bonds. The minimum absolute atomic E-state index is 0.0670. The Morgan fingerprint density at radius 2 is 2.06 bits per heavy atom. The van der Waals surface area contributed by atoms with Crippen LogP contribution in [0.25, 0.3) is 0 Å². The SMILES string of the molecule is CNCC(C)CNC(=O)c1ccc(O)cc1O. The normalized spacial score (nSPS) is 12.1. The molecule has 1 unspecified atom stereocenters. The lowest BCUT2D eigenvalue weighted by atomic mass is 10.1. The van der Waals surface area contributed by atoms with Gasteiger partial charge in [0.15, 0.2) is 0 Å². The molecule has 94 valence electrons. The molecule has 0 heterocycles. The van der Waals surface area contributed by atoms with Crippen LogP contribution in [0.2, 0.25) is 0 Å². The first-order valence-corrected chi connectivity index (χ1v) is 5.49. The van der Waals surface area contributed by atoms with Crippen LogP contribution in [0.3, 0.4) is 0 Å². The number of phenolic OH excluding ortho intramolecular Hbond substituents is 2. The maximum absolute atomic E-state index is 11.7. The zero-order valence-electron chi connectivity index (χ0n) is 10.0. The Bertz CT molecular complexity index is 393. The highest BCUT2D eigenvalue weighted by molar-refractivity contribution is 5.96. The van der Waals surface area contributed by atoms with Crippen molar-refractivity contribution in [3.8, 4) is 11.5 Å². The Labute approximate surface area is 100 Å². The van der Waals surface area contributed by atoms with E-state index in [9.17, 15) is 9.90 Å². The van der Waals surface area contributed by atoms with E-state index in [1.54, 1.807) is 0 Å². The molecule has 0 aliphatic heterocycles. The summed E-state index contributed by atoms with van der Waals surface area (Å²) in [5.41, 5.74) is 0.166. The van der Waals surface area contributed by atoms with Crippen molar-refractivity contribution in [1.29, 1.82) is 0 Å². The summed E-state index contributed by atoms with van der Waals surface area (Å²) in [4.78, 5) is 11.7. The quantitative estimate of drug-likeness (QED) is 0.608. The fraction of sp³-hybridized carbons (Fsp3) is 0.417. The first-order valence-electron chi connectivity index (χ1n) is 5.49. The van der Waals surface area contributed by atoms with Gasteiger partial charge in [-0.25, -0.2) is 0 Å². The van der Waals surface area contributed by atoms with E-state index in [-0.39, 0.29) is 23.0 Å². The Morgan fingerprint density at radius 1 is 1.35 bits per heavy atom. The molecular formula is C12H18N2O3. The zero-order valence-corrected chi connectivity index (χ0v) is 10.0. The lowest BCUT2D eigenvalue weighted by molar-refractivity contribution is 0.0945. The maximum Gasteiger partial charge on any atom is 0.255 e. The topological polar surface area (TPSA) is 81.6 Å². The molecule has 0 saturated heterocycles. The number of amides is 1. The summed E-state index contributed by atoms with van der Waals surface area (Å²) >= 11 is 0. The summed E-state index contributed by atoms with van der Waals surface area (Å²) in [6.07, 6.45) is 0. The van der Waals surface area contributed by atoms with E-state index in [2.05, 4.69) is 10.6 Å². The smallest absolute Gasteiger partial charge is 0.255 e. The van der Waals surface area contributed by atoms with E-state index in [0.717, 1.165) is 12.6 Å². The summed E-state index contributed by atoms with van der Waals surface area (Å²) < 4.78 is 0. The fourth-order valence-electron chi connectivity index (χ4n) is 1.49. The molecule has 0 aliphatic rings. The van der Waals surface area contributed by atoms with Crippen LogP contribution in [-0.2, 0) is 0 Å². The van der Waals surface area contributed by atoms with Gasteiger partial charge in [-0.3, -0.25) is 4.79 Å². The van der Waals surface area contributed by atoms with Crippen LogP contribution in [0.15, 0.2) is 18.2 Å². The number of phenols is 2. The molecule has 1 rings (SSSR count). The summed E-state index contributed by atoms with van der Waals surface area (Å²) in [6.45, 7) is 3.34. The molecule has 5 nitrogen and oxygen atoms in total. The summed E-state index contributed by atoms with van der Waals surface area (Å²) in [6, 6.07) is 3.90. The Balaban J connectivity index is 2.58. The van der Waals surface area contributed by atoms with Gasteiger partial charge in [0.2, 0.25) is 0 Å². The van der Waals surface area contributed by atoms with Crippen LogP contribution < -0.4 is 10.6 Å². The van der Waals surface area contributed by atoms with E-state index in [0.29, 0.717) is 12.5 Å². The van der Waals surface area contributed by atoms with Crippen LogP contribution >= 0.6 is 0 Å². The molecule has 1 atom stereocenters. The number of hydrogen-bond acceptors (Lipinski definition) is 4. The molecule has 0 aliphatic carbocycles. The minimum atomic E-state index is -0.342. The van der Waals surface area contributed by atoms with Gasteiger partial charge in [0.1, 0.15) is 11.5 Å². The first-order chi connectivity index (χ1) is 8.04. The van der Waals surface area contributed by atoms with E-state index in [1.807, 2.05) is 14.0 Å². The zero-order chi connectivity index (χ0) is 12.8. The van der Waals surface area contributed by atoms with Gasteiger partial charge in [-0.15, -0.1) is 0 Å². The van der Waals surface area contributed by atoms with Gasteiger partial charge in [0.25, 0.3) is 5.91 Å². The van der Waals surface area contributed by atoms with Crippen molar-refractivity contribution in [2.75, 3.05) is 20.1 Å². The molecule has 0 aromatic heterocycles. The highest BCUT2D eigenvalue weighted by atomic mass is 16.3. The van der Waals surface area contributed by atoms with Gasteiger partial charge < -0.3 is 20.8 Å². The molecule has 1 aromatic carbocycles. The second kappa shape index (κ2) is 6.10. The Hall–Kier alpha value is -1.75. The average Bonchev–Trinajstić information content (AvgIpc) is 2.26. The standard InChI is InChI=1S/C12H18N2O3/c1-8(6-13-2)7-14-12(17)10-4-3-9(15)5-11(10)16/h3-5,8,13,15-16H,6-7H2,1-2H3,(H,14,17). The summed E-state index contributed by atoms with van der Waals surface area (Å²) in [5.74, 6) is -0.319. The average molecular weight is 238 g/mol. The van der Waals surface area contributed by atoms with Crippen molar-refractivity contribution in [3.63, 3.8) is 0 Å². The van der Waals surface area contributed by atoms with E-state index < -0.39 is 0 Å². The largest absolute Gasteiger partial charge is 0.508 e. The number of aromatic hydroxyl groups is 2. The van der Waals surface area contributed by atoms with Crippen LogP contribution in [0, 0.1) is 5.92 Å². The minimum Gasteiger partial charge on any atom is -0.508 e. The fourth-order valence-corrected chi connectivity index (χ4v) is 1.49. The number of rotatable bonds is 5. The summed E-state index contributed by atoms with van der Waals surface area (Å²) in [5, 5.41) is 24.3. The molecule has 0 saturated carbocycles. The molecule has 0 bridgehead atoms. The van der Waals surface area contributed by atoms with Crippen molar-refractivity contribution in [3.05, 3.63) is 23.8 Å². The number of benzene rings is 1. The molecular weight excluding hydrogens is 220 g/mol. The number of nitrogens with one attached hydrogen (secondary N) is 2. The molecule has 0 fully saturated rings. The number of carbonyl (C=O) groups is 1. The second-order valence-corrected chi connectivity index (χ2v) is 4.07. The molecule has 0 radical (unpaired) electrons. The molecule has 5 heteroatoms. The third-order valence-corrected chi connectivity index (χ3v) is 2.39. The maximum atomic E-state index is 11.7. The van der Waals surface area contributed by atoms with Gasteiger partial charge in [-0.05, 0) is 31.6 Å². The monoisotopic (exact) mass is 238 g/mol. The predicted octanol–water partition coefficient (Wildman–Crippen LogP) is 0.683. The Morgan fingerprint density at radius 3 is 2.65 bits per heavy atom.